The lowest BCUT2D eigenvalue weighted by molar-refractivity contribution is 0.0603. The number of carbonyl (C=O) groups excluding carboxylic acids is 1. The van der Waals surface area contributed by atoms with Crippen LogP contribution in [0.4, 0.5) is 0 Å². The molecule has 0 saturated heterocycles. The first-order chi connectivity index (χ1) is 13.3. The Morgan fingerprint density at radius 1 is 0.852 bits per heavy atom. The number of aromatic nitrogens is 2. The van der Waals surface area contributed by atoms with E-state index >= 15 is 0 Å². The van der Waals surface area contributed by atoms with E-state index in [1.807, 2.05) is 60.7 Å². The largest absolute Gasteiger partial charge is 0.465 e. The molecule has 0 aliphatic carbocycles. The van der Waals surface area contributed by atoms with Crippen LogP contribution in [0.25, 0.3) is 31.8 Å². The summed E-state index contributed by atoms with van der Waals surface area (Å²) in [6, 6.07) is 25.9. The quantitative estimate of drug-likeness (QED) is 0.289. The first-order valence-corrected chi connectivity index (χ1v) is 9.20. The first kappa shape index (κ1) is 17.1. The highest BCUT2D eigenvalue weighted by atomic mass is 32.1. The predicted octanol–water partition coefficient (Wildman–Crippen LogP) is 5.47. The van der Waals surface area contributed by atoms with Crippen molar-refractivity contribution in [2.45, 2.75) is 0 Å². The Hall–Kier alpha value is -3.31. The molecular formula is C22H16N2O2S. The summed E-state index contributed by atoms with van der Waals surface area (Å²) in [7, 11) is 1.40. The zero-order chi connectivity index (χ0) is 18.6. The summed E-state index contributed by atoms with van der Waals surface area (Å²) in [5.74, 6) is -0.295. The first-order valence-electron chi connectivity index (χ1n) is 8.43. The van der Waals surface area contributed by atoms with Crippen LogP contribution in [0.2, 0.25) is 0 Å². The van der Waals surface area contributed by atoms with Gasteiger partial charge in [-0.25, -0.2) is 4.79 Å². The van der Waals surface area contributed by atoms with Crippen molar-refractivity contribution in [2.75, 3.05) is 7.11 Å². The van der Waals surface area contributed by atoms with Crippen molar-refractivity contribution < 1.29 is 9.53 Å². The number of ether oxygens (including phenoxy) is 1. The van der Waals surface area contributed by atoms with Gasteiger partial charge in [0.2, 0.25) is 0 Å². The Labute approximate surface area is 160 Å². The summed E-state index contributed by atoms with van der Waals surface area (Å²) >= 11 is 1.43. The molecule has 0 fully saturated rings. The van der Waals surface area contributed by atoms with Crippen LogP contribution in [0.5, 0.6) is 0 Å². The van der Waals surface area contributed by atoms with E-state index in [9.17, 15) is 4.79 Å². The van der Waals surface area contributed by atoms with Crippen molar-refractivity contribution >= 4 is 49.3 Å². The molecule has 0 spiro atoms. The average molecular weight is 372 g/mol. The summed E-state index contributed by atoms with van der Waals surface area (Å²) in [5.41, 5.74) is 1.60. The molecule has 0 amide bonds. The van der Waals surface area contributed by atoms with Gasteiger partial charge in [-0.1, -0.05) is 53.0 Å². The molecule has 132 valence electrons. The molecule has 5 rings (SSSR count). The Balaban J connectivity index is 0.000000167. The van der Waals surface area contributed by atoms with Gasteiger partial charge in [0.05, 0.1) is 17.4 Å². The van der Waals surface area contributed by atoms with Gasteiger partial charge in [0.1, 0.15) is 5.52 Å². The second kappa shape index (κ2) is 7.51. The fourth-order valence-corrected chi connectivity index (χ4v) is 3.54. The molecule has 0 aliphatic heterocycles. The van der Waals surface area contributed by atoms with Crippen molar-refractivity contribution in [1.82, 2.24) is 9.59 Å². The highest BCUT2D eigenvalue weighted by Gasteiger charge is 2.10. The van der Waals surface area contributed by atoms with Crippen LogP contribution in [0.3, 0.4) is 0 Å². The van der Waals surface area contributed by atoms with Gasteiger partial charge >= 0.3 is 5.97 Å². The molecule has 0 saturated carbocycles. The SMILES string of the molecule is COC(=O)c1cccc2cc3ccccc3cc12.c1ccc2snnc2c1. The number of esters is 1. The van der Waals surface area contributed by atoms with Crippen LogP contribution >= 0.6 is 11.5 Å². The van der Waals surface area contributed by atoms with Gasteiger partial charge < -0.3 is 4.74 Å². The predicted molar refractivity (Wildman–Crippen MR) is 110 cm³/mol. The van der Waals surface area contributed by atoms with Crippen molar-refractivity contribution in [2.24, 2.45) is 0 Å². The normalized spacial score (nSPS) is 10.6. The van der Waals surface area contributed by atoms with Gasteiger partial charge in [0.25, 0.3) is 0 Å². The summed E-state index contributed by atoms with van der Waals surface area (Å²) in [5, 5.41) is 8.17. The van der Waals surface area contributed by atoms with Crippen molar-refractivity contribution in [3.8, 4) is 0 Å². The van der Waals surface area contributed by atoms with Gasteiger partial charge in [-0.05, 0) is 63.4 Å². The van der Waals surface area contributed by atoms with Crippen LogP contribution in [0.15, 0.2) is 78.9 Å². The van der Waals surface area contributed by atoms with Crippen LogP contribution in [0, 0.1) is 0 Å². The van der Waals surface area contributed by atoms with Crippen molar-refractivity contribution in [3.05, 3.63) is 84.4 Å². The molecule has 5 heteroatoms. The number of rotatable bonds is 1. The van der Waals surface area contributed by atoms with Crippen LogP contribution < -0.4 is 0 Å². The smallest absolute Gasteiger partial charge is 0.338 e. The third-order valence-corrected chi connectivity index (χ3v) is 5.01. The molecule has 4 aromatic carbocycles. The highest BCUT2D eigenvalue weighted by molar-refractivity contribution is 7.12. The standard InChI is InChI=1S/C16H12O2.C6H4N2S/c1-18-16(17)14-8-4-7-13-9-11-5-2-3-6-12(11)10-15(13)14;1-2-4-6-5(3-1)7-8-9-6/h2-10H,1H3;1-4H. The van der Waals surface area contributed by atoms with E-state index in [-0.39, 0.29) is 5.97 Å². The molecule has 4 nitrogen and oxygen atoms in total. The van der Waals surface area contributed by atoms with E-state index in [1.165, 1.54) is 24.0 Å². The maximum absolute atomic E-state index is 11.7. The molecule has 5 aromatic rings. The lowest BCUT2D eigenvalue weighted by Crippen LogP contribution is -2.01. The number of fused-ring (bicyclic) bond motifs is 3. The van der Waals surface area contributed by atoms with E-state index in [0.29, 0.717) is 5.56 Å². The number of methoxy groups -OCH3 is 1. The molecule has 0 aliphatic rings. The van der Waals surface area contributed by atoms with Crippen molar-refractivity contribution in [3.63, 3.8) is 0 Å². The number of hydrogen-bond donors (Lipinski definition) is 0. The van der Waals surface area contributed by atoms with E-state index in [2.05, 4.69) is 21.7 Å². The fraction of sp³-hybridized carbons (Fsp3) is 0.0455. The van der Waals surface area contributed by atoms with Gasteiger partial charge in [0.15, 0.2) is 0 Å². The molecule has 0 radical (unpaired) electrons. The third-order valence-electron chi connectivity index (χ3n) is 4.31. The Morgan fingerprint density at radius 2 is 1.56 bits per heavy atom. The highest BCUT2D eigenvalue weighted by Crippen LogP contribution is 2.25. The lowest BCUT2D eigenvalue weighted by Gasteiger charge is -2.06. The van der Waals surface area contributed by atoms with E-state index in [1.54, 1.807) is 6.07 Å². The second-order valence-corrected chi connectivity index (χ2v) is 6.74. The topological polar surface area (TPSA) is 52.1 Å². The molecule has 27 heavy (non-hydrogen) atoms. The minimum absolute atomic E-state index is 0.295. The minimum Gasteiger partial charge on any atom is -0.465 e. The minimum atomic E-state index is -0.295. The monoisotopic (exact) mass is 372 g/mol. The summed E-state index contributed by atoms with van der Waals surface area (Å²) in [6.45, 7) is 0. The zero-order valence-electron chi connectivity index (χ0n) is 14.6. The number of nitrogens with zero attached hydrogens (tertiary/aromatic N) is 2. The number of hydrogen-bond acceptors (Lipinski definition) is 5. The van der Waals surface area contributed by atoms with Gasteiger partial charge in [-0.3, -0.25) is 0 Å². The number of carbonyl (C=O) groups is 1. The second-order valence-electron chi connectivity index (χ2n) is 5.96. The molecule has 1 aromatic heterocycles. The van der Waals surface area contributed by atoms with Gasteiger partial charge in [-0.2, -0.15) is 0 Å². The van der Waals surface area contributed by atoms with Gasteiger partial charge in [-0.15, -0.1) is 5.10 Å². The third kappa shape index (κ3) is 3.50. The summed E-state index contributed by atoms with van der Waals surface area (Å²) < 4.78 is 9.76. The zero-order valence-corrected chi connectivity index (χ0v) is 15.4. The maximum atomic E-state index is 11.7. The number of benzene rings is 4. The van der Waals surface area contributed by atoms with E-state index < -0.39 is 0 Å². The lowest BCUT2D eigenvalue weighted by atomic mass is 10.00. The fourth-order valence-electron chi connectivity index (χ4n) is 2.98. The summed E-state index contributed by atoms with van der Waals surface area (Å²) in [6.07, 6.45) is 0. The van der Waals surface area contributed by atoms with Crippen molar-refractivity contribution in [1.29, 1.82) is 0 Å². The molecule has 1 heterocycles. The van der Waals surface area contributed by atoms with E-state index in [4.69, 9.17) is 4.74 Å². The van der Waals surface area contributed by atoms with Crippen LogP contribution in [-0.4, -0.2) is 22.7 Å². The maximum Gasteiger partial charge on any atom is 0.338 e. The molecule has 0 N–H and O–H groups in total. The Morgan fingerprint density at radius 3 is 2.33 bits per heavy atom. The summed E-state index contributed by atoms with van der Waals surface area (Å²) in [4.78, 5) is 11.7. The molecule has 0 unspecified atom stereocenters. The Bertz CT molecular complexity index is 1220. The molecular weight excluding hydrogens is 356 g/mol. The molecule has 0 bridgehead atoms. The molecule has 0 atom stereocenters. The van der Waals surface area contributed by atoms with Crippen LogP contribution in [-0.2, 0) is 4.74 Å². The van der Waals surface area contributed by atoms with Crippen LogP contribution in [0.1, 0.15) is 10.4 Å². The van der Waals surface area contributed by atoms with E-state index in [0.717, 1.165) is 26.4 Å². The Kier molecular flexibility index (Phi) is 4.77. The van der Waals surface area contributed by atoms with Gasteiger partial charge in [0, 0.05) is 0 Å². The average Bonchev–Trinajstić information content (AvgIpc) is 3.20.